The molecular weight excluding hydrogens is 517 g/mol. The Morgan fingerprint density at radius 2 is 1.58 bits per heavy atom. The fourth-order valence-corrected chi connectivity index (χ4v) is 5.49. The quantitative estimate of drug-likeness (QED) is 0.259. The van der Waals surface area contributed by atoms with E-state index >= 15 is 0 Å². The molecule has 1 aromatic heterocycles. The predicted molar refractivity (Wildman–Crippen MR) is 140 cm³/mol. The van der Waals surface area contributed by atoms with E-state index in [4.69, 9.17) is 4.42 Å². The summed E-state index contributed by atoms with van der Waals surface area (Å²) in [7, 11) is -3.77. The van der Waals surface area contributed by atoms with Crippen LogP contribution in [-0.4, -0.2) is 42.9 Å². The molecular formula is C28H33F3N2O4S. The van der Waals surface area contributed by atoms with Crippen LogP contribution < -0.4 is 0 Å². The van der Waals surface area contributed by atoms with E-state index in [0.29, 0.717) is 30.1 Å². The van der Waals surface area contributed by atoms with E-state index < -0.39 is 38.9 Å². The van der Waals surface area contributed by atoms with Crippen LogP contribution in [0.2, 0.25) is 0 Å². The maximum absolute atomic E-state index is 12.7. The van der Waals surface area contributed by atoms with Crippen LogP contribution in [0.15, 0.2) is 52.9 Å². The normalized spacial score (nSPS) is 12.3. The first kappa shape index (κ1) is 29.6. The fourth-order valence-electron chi connectivity index (χ4n) is 4.07. The van der Waals surface area contributed by atoms with Gasteiger partial charge in [-0.25, -0.2) is 13.4 Å². The van der Waals surface area contributed by atoms with Crippen LogP contribution in [0.3, 0.4) is 0 Å². The highest BCUT2D eigenvalue weighted by Gasteiger charge is 2.30. The van der Waals surface area contributed by atoms with Crippen LogP contribution in [0.4, 0.5) is 13.2 Å². The summed E-state index contributed by atoms with van der Waals surface area (Å²) in [5.74, 6) is -0.771. The van der Waals surface area contributed by atoms with Crippen molar-refractivity contribution in [2.75, 3.05) is 18.8 Å². The van der Waals surface area contributed by atoms with Gasteiger partial charge < -0.3 is 4.42 Å². The molecule has 0 bridgehead atoms. The van der Waals surface area contributed by atoms with Crippen molar-refractivity contribution in [1.82, 2.24) is 9.88 Å². The van der Waals surface area contributed by atoms with E-state index in [2.05, 4.69) is 23.7 Å². The van der Waals surface area contributed by atoms with Gasteiger partial charge in [-0.05, 0) is 68.2 Å². The molecule has 10 heteroatoms. The highest BCUT2D eigenvalue weighted by Crippen LogP contribution is 2.29. The number of ketones is 1. The van der Waals surface area contributed by atoms with Gasteiger partial charge in [-0.2, -0.15) is 13.2 Å². The second-order valence-corrected chi connectivity index (χ2v) is 11.4. The van der Waals surface area contributed by atoms with Crippen LogP contribution >= 0.6 is 0 Å². The first-order chi connectivity index (χ1) is 17.9. The van der Waals surface area contributed by atoms with Gasteiger partial charge in [-0.15, -0.1) is 0 Å². The minimum atomic E-state index is -4.40. The predicted octanol–water partition coefficient (Wildman–Crippen LogP) is 6.02. The number of hydrogen-bond donors (Lipinski definition) is 0. The number of nitrogens with zero attached hydrogens (tertiary/aromatic N) is 2. The van der Waals surface area contributed by atoms with Crippen LogP contribution in [0.1, 0.15) is 54.8 Å². The summed E-state index contributed by atoms with van der Waals surface area (Å²) in [5.41, 5.74) is 2.08. The van der Waals surface area contributed by atoms with Gasteiger partial charge in [-0.1, -0.05) is 38.1 Å². The Morgan fingerprint density at radius 3 is 2.16 bits per heavy atom. The number of aromatic nitrogens is 1. The Bertz CT molecular complexity index is 1310. The number of sulfone groups is 1. The molecule has 1 heterocycles. The Morgan fingerprint density at radius 1 is 0.974 bits per heavy atom. The summed E-state index contributed by atoms with van der Waals surface area (Å²) in [4.78, 5) is 19.0. The second kappa shape index (κ2) is 12.7. The average Bonchev–Trinajstić information content (AvgIpc) is 3.21. The van der Waals surface area contributed by atoms with Gasteiger partial charge in [0.25, 0.3) is 0 Å². The molecule has 0 spiro atoms. The van der Waals surface area contributed by atoms with Crippen molar-refractivity contribution >= 4 is 15.6 Å². The standard InChI is InChI=1S/C28H33F3N2O4S/c1-4-33(5-2)17-22-9-13-23(14-10-22)27-32-26(20(3)37-27)19-38(35,36)18-25(34)8-6-7-21-11-15-24(16-12-21)28(29,30)31/h9-16H,4-8,17-19H2,1-3H3. The van der Waals surface area contributed by atoms with E-state index in [1.807, 2.05) is 24.3 Å². The molecule has 0 aliphatic heterocycles. The number of aryl methyl sites for hydroxylation is 2. The minimum absolute atomic E-state index is 0.0170. The van der Waals surface area contributed by atoms with Crippen molar-refractivity contribution in [3.05, 3.63) is 76.7 Å². The molecule has 38 heavy (non-hydrogen) atoms. The summed E-state index contributed by atoms with van der Waals surface area (Å²) in [6, 6.07) is 12.5. The number of oxazole rings is 1. The molecule has 206 valence electrons. The Hall–Kier alpha value is -2.98. The van der Waals surface area contributed by atoms with Crippen molar-refractivity contribution in [1.29, 1.82) is 0 Å². The maximum atomic E-state index is 12.7. The van der Waals surface area contributed by atoms with Gasteiger partial charge in [0.15, 0.2) is 9.84 Å². The summed E-state index contributed by atoms with van der Waals surface area (Å²) >= 11 is 0. The smallest absolute Gasteiger partial charge is 0.416 e. The van der Waals surface area contributed by atoms with Gasteiger partial charge in [-0.3, -0.25) is 9.69 Å². The van der Waals surface area contributed by atoms with Gasteiger partial charge in [0, 0.05) is 18.5 Å². The topological polar surface area (TPSA) is 80.5 Å². The van der Waals surface area contributed by atoms with Gasteiger partial charge in [0.2, 0.25) is 5.89 Å². The Kier molecular flexibility index (Phi) is 9.89. The third-order valence-electron chi connectivity index (χ3n) is 6.33. The second-order valence-electron chi connectivity index (χ2n) is 9.30. The van der Waals surface area contributed by atoms with Crippen molar-refractivity contribution < 1.29 is 30.8 Å². The van der Waals surface area contributed by atoms with Crippen LogP contribution in [0, 0.1) is 6.92 Å². The third-order valence-corrected chi connectivity index (χ3v) is 7.81. The third kappa shape index (κ3) is 8.52. The maximum Gasteiger partial charge on any atom is 0.416 e. The molecule has 0 aliphatic carbocycles. The lowest BCUT2D eigenvalue weighted by Gasteiger charge is -2.17. The lowest BCUT2D eigenvalue weighted by Crippen LogP contribution is -2.21. The number of halogens is 3. The van der Waals surface area contributed by atoms with Gasteiger partial charge in [0.05, 0.1) is 17.0 Å². The van der Waals surface area contributed by atoms with Crippen molar-refractivity contribution in [3.63, 3.8) is 0 Å². The van der Waals surface area contributed by atoms with Crippen molar-refractivity contribution in [2.24, 2.45) is 0 Å². The first-order valence-electron chi connectivity index (χ1n) is 12.6. The molecule has 3 rings (SSSR count). The van der Waals surface area contributed by atoms with Gasteiger partial charge in [0.1, 0.15) is 17.3 Å². The molecule has 3 aromatic rings. The zero-order valence-corrected chi connectivity index (χ0v) is 22.7. The minimum Gasteiger partial charge on any atom is -0.441 e. The molecule has 0 amide bonds. The van der Waals surface area contributed by atoms with E-state index in [0.717, 1.165) is 42.9 Å². The molecule has 0 saturated carbocycles. The van der Waals surface area contributed by atoms with Crippen molar-refractivity contribution in [3.8, 4) is 11.5 Å². The zero-order valence-electron chi connectivity index (χ0n) is 21.8. The van der Waals surface area contributed by atoms with Gasteiger partial charge >= 0.3 is 6.18 Å². The Labute approximate surface area is 221 Å². The summed E-state index contributed by atoms with van der Waals surface area (Å²) in [6.07, 6.45) is -3.66. The van der Waals surface area contributed by atoms with Crippen LogP contribution in [-0.2, 0) is 39.5 Å². The van der Waals surface area contributed by atoms with E-state index in [9.17, 15) is 26.4 Å². The fraction of sp³-hybridized carbons (Fsp3) is 0.429. The Balaban J connectivity index is 1.53. The van der Waals surface area contributed by atoms with Crippen molar-refractivity contribution in [2.45, 2.75) is 58.5 Å². The summed E-state index contributed by atoms with van der Waals surface area (Å²) < 4.78 is 69.0. The lowest BCUT2D eigenvalue weighted by atomic mass is 10.0. The SMILES string of the molecule is CCN(CC)Cc1ccc(-c2nc(CS(=O)(=O)CC(=O)CCCc3ccc(C(F)(F)F)cc3)c(C)o2)cc1. The van der Waals surface area contributed by atoms with Crippen LogP contribution in [0.25, 0.3) is 11.5 Å². The van der Waals surface area contributed by atoms with Crippen LogP contribution in [0.5, 0.6) is 0 Å². The number of alkyl halides is 3. The highest BCUT2D eigenvalue weighted by atomic mass is 32.2. The molecule has 2 aromatic carbocycles. The number of carbonyl (C=O) groups is 1. The number of rotatable bonds is 13. The lowest BCUT2D eigenvalue weighted by molar-refractivity contribution is -0.137. The summed E-state index contributed by atoms with van der Waals surface area (Å²) in [5, 5.41) is 0. The largest absolute Gasteiger partial charge is 0.441 e. The number of benzene rings is 2. The van der Waals surface area contributed by atoms with E-state index in [1.165, 1.54) is 12.1 Å². The molecule has 0 N–H and O–H groups in total. The zero-order chi connectivity index (χ0) is 27.9. The molecule has 0 fully saturated rings. The monoisotopic (exact) mass is 550 g/mol. The highest BCUT2D eigenvalue weighted by molar-refractivity contribution is 7.91. The number of hydrogen-bond acceptors (Lipinski definition) is 6. The number of Topliss-reactive ketones (excluding diaryl/α,β-unsaturated/α-hetero) is 1. The molecule has 0 saturated heterocycles. The average molecular weight is 551 g/mol. The molecule has 0 atom stereocenters. The van der Waals surface area contributed by atoms with E-state index in [-0.39, 0.29) is 12.1 Å². The molecule has 0 aliphatic rings. The van der Waals surface area contributed by atoms with E-state index in [1.54, 1.807) is 6.92 Å². The molecule has 6 nitrogen and oxygen atoms in total. The molecule has 0 unspecified atom stereocenters. The number of carbonyl (C=O) groups excluding carboxylic acids is 1. The molecule has 0 radical (unpaired) electrons. The first-order valence-corrected chi connectivity index (χ1v) is 14.4. The summed E-state index contributed by atoms with van der Waals surface area (Å²) in [6.45, 7) is 8.61.